The number of hydrogen-bond acceptors (Lipinski definition) is 6. The van der Waals surface area contributed by atoms with Crippen LogP contribution in [-0.2, 0) is 22.3 Å². The first-order valence-electron chi connectivity index (χ1n) is 9.27. The number of hydrogen-bond donors (Lipinski definition) is 3. The first-order valence-corrected chi connectivity index (χ1v) is 9.27. The molecule has 0 bridgehead atoms. The monoisotopic (exact) mass is 448 g/mol. The van der Waals surface area contributed by atoms with Gasteiger partial charge in [0.25, 0.3) is 5.56 Å². The Labute approximate surface area is 179 Å². The lowest BCUT2D eigenvalue weighted by molar-refractivity contribution is -0.137. The highest BCUT2D eigenvalue weighted by molar-refractivity contribution is 5.91. The fourth-order valence-corrected chi connectivity index (χ4v) is 3.04. The Bertz CT molecular complexity index is 1310. The molecule has 0 spiro atoms. The summed E-state index contributed by atoms with van der Waals surface area (Å²) in [5.41, 5.74) is -1.26. The molecule has 9 nitrogen and oxygen atoms in total. The number of carbonyl (C=O) groups is 1. The van der Waals surface area contributed by atoms with E-state index in [2.05, 4.69) is 10.4 Å². The fraction of sp³-hybridized carbons (Fsp3) is 0.250. The minimum Gasteiger partial charge on any atom is -0.375 e. The molecule has 0 aliphatic heterocycles. The molecule has 3 N–H and O–H groups in total. The molecule has 1 atom stereocenters. The highest BCUT2D eigenvalue weighted by Crippen LogP contribution is 2.32. The van der Waals surface area contributed by atoms with Gasteiger partial charge in [0.2, 0.25) is 5.91 Å². The minimum absolute atomic E-state index is 0.00566. The number of pyridine rings is 1. The van der Waals surface area contributed by atoms with Gasteiger partial charge in [-0.25, -0.2) is 4.68 Å². The van der Waals surface area contributed by atoms with Crippen LogP contribution in [0.4, 0.5) is 18.9 Å². The maximum Gasteiger partial charge on any atom is 0.416 e. The van der Waals surface area contributed by atoms with Gasteiger partial charge in [-0.05, 0) is 37.3 Å². The maximum absolute atomic E-state index is 13.2. The topological polar surface area (TPSA) is 126 Å². The number of ether oxygens (including phenoxy) is 1. The Kier molecular flexibility index (Phi) is 6.25. The van der Waals surface area contributed by atoms with Crippen LogP contribution in [0, 0.1) is 10.8 Å². The summed E-state index contributed by atoms with van der Waals surface area (Å²) in [6.45, 7) is 1.06. The van der Waals surface area contributed by atoms with Crippen LogP contribution in [0.15, 0.2) is 41.3 Å². The average Bonchev–Trinajstić information content (AvgIpc) is 2.75. The summed E-state index contributed by atoms with van der Waals surface area (Å²) in [5.74, 6) is -0.629. The molecule has 1 aromatic carbocycles. The van der Waals surface area contributed by atoms with E-state index in [1.807, 2.05) is 0 Å². The van der Waals surface area contributed by atoms with Crippen molar-refractivity contribution in [2.24, 2.45) is 0 Å². The second-order valence-electron chi connectivity index (χ2n) is 6.87. The standard InChI is InChI=1S/C20H19F3N6O3/c1-11(32-2)18-15-7-12(20(21,22)23)3-5-14(15)19(31)29(27-18)9-17(30)26-13-4-6-16(25)28(8-13)10-24/h3-8,10-11,24-25H,9H2,1-2H3,(H,26,30). The zero-order valence-corrected chi connectivity index (χ0v) is 17.0. The predicted molar refractivity (Wildman–Crippen MR) is 110 cm³/mol. The summed E-state index contributed by atoms with van der Waals surface area (Å²) in [5, 5.41) is 21.5. The summed E-state index contributed by atoms with van der Waals surface area (Å²) in [7, 11) is 1.35. The van der Waals surface area contributed by atoms with Crippen LogP contribution in [0.5, 0.6) is 0 Å². The molecule has 0 fully saturated rings. The van der Waals surface area contributed by atoms with Crippen LogP contribution in [0.3, 0.4) is 0 Å². The molecule has 0 aliphatic carbocycles. The summed E-state index contributed by atoms with van der Waals surface area (Å²) in [4.78, 5) is 25.3. The molecule has 0 aliphatic rings. The van der Waals surface area contributed by atoms with E-state index in [4.69, 9.17) is 15.6 Å². The van der Waals surface area contributed by atoms with E-state index in [0.717, 1.165) is 33.8 Å². The van der Waals surface area contributed by atoms with Crippen LogP contribution in [0.2, 0.25) is 0 Å². The van der Waals surface area contributed by atoms with Gasteiger partial charge in [-0.15, -0.1) is 0 Å². The number of benzene rings is 1. The van der Waals surface area contributed by atoms with Gasteiger partial charge < -0.3 is 10.1 Å². The highest BCUT2D eigenvalue weighted by atomic mass is 19.4. The van der Waals surface area contributed by atoms with E-state index in [-0.39, 0.29) is 27.6 Å². The Balaban J connectivity index is 2.02. The third kappa shape index (κ3) is 4.59. The lowest BCUT2D eigenvalue weighted by Gasteiger charge is -2.16. The fourth-order valence-electron chi connectivity index (χ4n) is 3.04. The van der Waals surface area contributed by atoms with E-state index in [1.165, 1.54) is 25.4 Å². The predicted octanol–water partition coefficient (Wildman–Crippen LogP) is 2.50. The van der Waals surface area contributed by atoms with Crippen molar-refractivity contribution in [3.05, 3.63) is 63.6 Å². The molecule has 1 unspecified atom stereocenters. The van der Waals surface area contributed by atoms with Crippen molar-refractivity contribution in [3.63, 3.8) is 0 Å². The zero-order chi connectivity index (χ0) is 23.6. The van der Waals surface area contributed by atoms with Gasteiger partial charge >= 0.3 is 6.18 Å². The van der Waals surface area contributed by atoms with Gasteiger partial charge in [0.05, 0.1) is 34.8 Å². The molecule has 32 heavy (non-hydrogen) atoms. The Morgan fingerprint density at radius 3 is 2.62 bits per heavy atom. The number of carbonyl (C=O) groups excluding carboxylic acids is 1. The zero-order valence-electron chi connectivity index (χ0n) is 17.0. The number of amides is 1. The van der Waals surface area contributed by atoms with Gasteiger partial charge in [-0.1, -0.05) is 0 Å². The van der Waals surface area contributed by atoms with Gasteiger partial charge in [0.1, 0.15) is 12.0 Å². The number of aromatic nitrogens is 3. The van der Waals surface area contributed by atoms with E-state index in [1.54, 1.807) is 6.92 Å². The molecule has 0 saturated heterocycles. The SMILES string of the molecule is COC(C)c1nn(CC(=O)Nc2ccc(=N)n(C=N)c2)c(=O)c2ccc(C(F)(F)F)cc12. The normalized spacial score (nSPS) is 12.5. The molecule has 2 aromatic heterocycles. The van der Waals surface area contributed by atoms with Gasteiger partial charge in [-0.2, -0.15) is 18.3 Å². The number of rotatable bonds is 6. The van der Waals surface area contributed by atoms with E-state index < -0.39 is 35.9 Å². The Morgan fingerprint density at radius 1 is 1.28 bits per heavy atom. The van der Waals surface area contributed by atoms with E-state index >= 15 is 0 Å². The molecule has 1 amide bonds. The van der Waals surface area contributed by atoms with Crippen molar-refractivity contribution in [2.45, 2.75) is 25.7 Å². The van der Waals surface area contributed by atoms with Crippen molar-refractivity contribution >= 4 is 28.7 Å². The molecule has 12 heteroatoms. The van der Waals surface area contributed by atoms with Crippen molar-refractivity contribution in [3.8, 4) is 0 Å². The average molecular weight is 448 g/mol. The Hall–Kier alpha value is -3.80. The number of nitrogens with zero attached hydrogens (tertiary/aromatic N) is 3. The molecular formula is C20H19F3N6O3. The van der Waals surface area contributed by atoms with Gasteiger partial charge in [0, 0.05) is 18.7 Å². The highest BCUT2D eigenvalue weighted by Gasteiger charge is 2.31. The van der Waals surface area contributed by atoms with Crippen molar-refractivity contribution in [1.29, 1.82) is 10.8 Å². The summed E-state index contributed by atoms with van der Waals surface area (Å²) >= 11 is 0. The summed E-state index contributed by atoms with van der Waals surface area (Å²) in [6.07, 6.45) is -3.10. The lowest BCUT2D eigenvalue weighted by Crippen LogP contribution is -2.31. The second-order valence-corrected chi connectivity index (χ2v) is 6.87. The number of anilines is 1. The van der Waals surface area contributed by atoms with Gasteiger partial charge in [-0.3, -0.25) is 25.0 Å². The number of halogens is 3. The molecular weight excluding hydrogens is 429 g/mol. The third-order valence-corrected chi connectivity index (χ3v) is 4.75. The van der Waals surface area contributed by atoms with Crippen LogP contribution in [0.25, 0.3) is 10.8 Å². The largest absolute Gasteiger partial charge is 0.416 e. The Morgan fingerprint density at radius 2 is 2.00 bits per heavy atom. The van der Waals surface area contributed by atoms with E-state index in [0.29, 0.717) is 0 Å². The smallest absolute Gasteiger partial charge is 0.375 e. The number of alkyl halides is 3. The van der Waals surface area contributed by atoms with Crippen molar-refractivity contribution in [1.82, 2.24) is 14.3 Å². The molecule has 0 saturated carbocycles. The summed E-state index contributed by atoms with van der Waals surface area (Å²) < 4.78 is 46.7. The first-order chi connectivity index (χ1) is 15.0. The molecule has 3 aromatic rings. The van der Waals surface area contributed by atoms with Crippen LogP contribution >= 0.6 is 0 Å². The first kappa shape index (κ1) is 22.9. The lowest BCUT2D eigenvalue weighted by atomic mass is 10.0. The van der Waals surface area contributed by atoms with Crippen molar-refractivity contribution in [2.75, 3.05) is 12.4 Å². The molecule has 2 heterocycles. The quantitative estimate of drug-likeness (QED) is 0.396. The van der Waals surface area contributed by atoms with Crippen molar-refractivity contribution < 1.29 is 22.7 Å². The van der Waals surface area contributed by atoms with Crippen LogP contribution < -0.4 is 16.4 Å². The van der Waals surface area contributed by atoms with Crippen LogP contribution in [0.1, 0.15) is 24.3 Å². The van der Waals surface area contributed by atoms with E-state index in [9.17, 15) is 22.8 Å². The number of methoxy groups -OCH3 is 1. The maximum atomic E-state index is 13.2. The molecule has 168 valence electrons. The number of fused-ring (bicyclic) bond motifs is 1. The molecule has 0 radical (unpaired) electrons. The number of nitrogens with one attached hydrogen (secondary N) is 3. The summed E-state index contributed by atoms with van der Waals surface area (Å²) in [6, 6.07) is 5.53. The van der Waals surface area contributed by atoms with Gasteiger partial charge in [0.15, 0.2) is 0 Å². The minimum atomic E-state index is -4.60. The second kappa shape index (κ2) is 8.75. The molecule has 3 rings (SSSR count). The third-order valence-electron chi connectivity index (χ3n) is 4.75. The van der Waals surface area contributed by atoms with Crippen LogP contribution in [-0.4, -0.2) is 33.7 Å².